The molecule has 1 rings (SSSR count). The first-order valence-corrected chi connectivity index (χ1v) is 6.86. The van der Waals surface area contributed by atoms with Gasteiger partial charge in [-0.3, -0.25) is 0 Å². The van der Waals surface area contributed by atoms with Crippen LogP contribution in [0.2, 0.25) is 0 Å². The summed E-state index contributed by atoms with van der Waals surface area (Å²) in [6.45, 7) is 7.32. The minimum absolute atomic E-state index is 0.611. The van der Waals surface area contributed by atoms with Gasteiger partial charge in [-0.15, -0.1) is 34.8 Å². The fourth-order valence-corrected chi connectivity index (χ4v) is 1.78. The Bertz CT molecular complexity index is 456. The van der Waals surface area contributed by atoms with E-state index < -0.39 is 14.6 Å². The summed E-state index contributed by atoms with van der Waals surface area (Å²) in [5.41, 5.74) is 0.936. The van der Waals surface area contributed by atoms with Crippen LogP contribution >= 0.6 is 34.8 Å². The minimum atomic E-state index is -0.901. The van der Waals surface area contributed by atoms with Crippen molar-refractivity contribution in [1.29, 1.82) is 0 Å². The Kier molecular flexibility index (Phi) is 4.65. The first-order chi connectivity index (χ1) is 8.06. The van der Waals surface area contributed by atoms with Crippen LogP contribution in [0.3, 0.4) is 0 Å². The third-order valence-electron chi connectivity index (χ3n) is 2.79. The van der Waals surface area contributed by atoms with E-state index in [2.05, 4.69) is 11.8 Å². The van der Waals surface area contributed by atoms with Crippen molar-refractivity contribution >= 4 is 34.8 Å². The Morgan fingerprint density at radius 1 is 0.833 bits per heavy atom. The van der Waals surface area contributed by atoms with Crippen molar-refractivity contribution in [2.75, 3.05) is 0 Å². The lowest BCUT2D eigenvalue weighted by Gasteiger charge is -2.33. The largest absolute Gasteiger partial charge is 0.125 e. The molecule has 0 saturated heterocycles. The maximum atomic E-state index is 6.60. The monoisotopic (exact) mass is 302 g/mol. The second-order valence-corrected chi connectivity index (χ2v) is 7.55. The molecule has 3 heteroatoms. The molecule has 0 aromatic heterocycles. The zero-order valence-corrected chi connectivity index (χ0v) is 13.3. The summed E-state index contributed by atoms with van der Waals surface area (Å²) < 4.78 is 0. The van der Waals surface area contributed by atoms with Crippen LogP contribution in [0.4, 0.5) is 0 Å². The number of hydrogen-bond acceptors (Lipinski definition) is 0. The molecule has 0 aliphatic carbocycles. The second-order valence-electron chi connectivity index (χ2n) is 5.09. The molecule has 0 aliphatic rings. The fraction of sp³-hybridized carbons (Fsp3) is 0.467. The van der Waals surface area contributed by atoms with Gasteiger partial charge in [0.2, 0.25) is 0 Å². The van der Waals surface area contributed by atoms with Gasteiger partial charge in [0.25, 0.3) is 0 Å². The molecule has 0 nitrogen and oxygen atoms in total. The van der Waals surface area contributed by atoms with Crippen LogP contribution in [0, 0.1) is 11.8 Å². The molecule has 0 heterocycles. The minimum Gasteiger partial charge on any atom is -0.111 e. The van der Waals surface area contributed by atoms with Crippen molar-refractivity contribution in [2.45, 2.75) is 42.3 Å². The van der Waals surface area contributed by atoms with E-state index in [1.54, 1.807) is 0 Å². The molecule has 18 heavy (non-hydrogen) atoms. The van der Waals surface area contributed by atoms with Crippen LogP contribution in [0.1, 0.15) is 33.3 Å². The highest BCUT2D eigenvalue weighted by molar-refractivity contribution is 6.36. The first kappa shape index (κ1) is 15.7. The van der Waals surface area contributed by atoms with Crippen molar-refractivity contribution in [3.05, 3.63) is 35.9 Å². The maximum Gasteiger partial charge on any atom is 0.125 e. The van der Waals surface area contributed by atoms with Gasteiger partial charge in [-0.25, -0.2) is 0 Å². The lowest BCUT2D eigenvalue weighted by Crippen LogP contribution is -2.37. The standard InChI is InChI=1S/C15H17Cl3/c1-13(2,16)10-11-14(3,17)15(4,18)12-8-6-5-7-9-12/h5-9H,1-4H3. The maximum absolute atomic E-state index is 6.60. The summed E-state index contributed by atoms with van der Waals surface area (Å²) in [5.74, 6) is 5.93. The Morgan fingerprint density at radius 3 is 1.78 bits per heavy atom. The average Bonchev–Trinajstić information content (AvgIpc) is 2.27. The Morgan fingerprint density at radius 2 is 1.33 bits per heavy atom. The predicted octanol–water partition coefficient (Wildman–Crippen LogP) is 5.16. The zero-order chi connectivity index (χ0) is 14.0. The van der Waals surface area contributed by atoms with Crippen molar-refractivity contribution in [2.24, 2.45) is 0 Å². The van der Waals surface area contributed by atoms with Gasteiger partial charge < -0.3 is 0 Å². The summed E-state index contributed by atoms with van der Waals surface area (Å²) in [6, 6.07) is 9.70. The number of hydrogen-bond donors (Lipinski definition) is 0. The molecular weight excluding hydrogens is 287 g/mol. The fourth-order valence-electron chi connectivity index (χ4n) is 1.41. The van der Waals surface area contributed by atoms with E-state index in [4.69, 9.17) is 34.8 Å². The van der Waals surface area contributed by atoms with Crippen LogP contribution in [0.15, 0.2) is 30.3 Å². The number of halogens is 3. The SMILES string of the molecule is CC(C)(Cl)C#CC(C)(Cl)C(C)(Cl)c1ccccc1. The molecule has 0 aliphatic heterocycles. The first-order valence-electron chi connectivity index (χ1n) is 5.73. The highest BCUT2D eigenvalue weighted by Crippen LogP contribution is 2.43. The molecule has 2 atom stereocenters. The summed E-state index contributed by atoms with van der Waals surface area (Å²) in [4.78, 5) is -2.30. The van der Waals surface area contributed by atoms with E-state index in [1.165, 1.54) is 0 Å². The second kappa shape index (κ2) is 5.33. The molecule has 0 amide bonds. The molecule has 2 unspecified atom stereocenters. The lowest BCUT2D eigenvalue weighted by molar-refractivity contribution is 0.573. The third kappa shape index (κ3) is 3.82. The van der Waals surface area contributed by atoms with Gasteiger partial charge in [-0.1, -0.05) is 42.2 Å². The summed E-state index contributed by atoms with van der Waals surface area (Å²) in [7, 11) is 0. The van der Waals surface area contributed by atoms with E-state index in [1.807, 2.05) is 58.0 Å². The average molecular weight is 304 g/mol. The molecule has 0 bridgehead atoms. The van der Waals surface area contributed by atoms with E-state index in [0.29, 0.717) is 0 Å². The molecule has 0 radical (unpaired) electrons. The van der Waals surface area contributed by atoms with Gasteiger partial charge in [0.1, 0.15) is 4.87 Å². The van der Waals surface area contributed by atoms with Crippen LogP contribution < -0.4 is 0 Å². The number of rotatable bonds is 2. The third-order valence-corrected chi connectivity index (χ3v) is 4.05. The van der Waals surface area contributed by atoms with Gasteiger partial charge in [0.15, 0.2) is 0 Å². The zero-order valence-electron chi connectivity index (χ0n) is 11.0. The van der Waals surface area contributed by atoms with Gasteiger partial charge in [0, 0.05) is 0 Å². The van der Waals surface area contributed by atoms with Crippen molar-refractivity contribution in [1.82, 2.24) is 0 Å². The highest BCUT2D eigenvalue weighted by Gasteiger charge is 2.42. The summed E-state index contributed by atoms with van der Waals surface area (Å²) in [6.07, 6.45) is 0. The molecule has 0 spiro atoms. The van der Waals surface area contributed by atoms with Crippen molar-refractivity contribution in [3.8, 4) is 11.8 Å². The van der Waals surface area contributed by atoms with Gasteiger partial charge in [-0.05, 0) is 33.3 Å². The Balaban J connectivity index is 3.14. The quantitative estimate of drug-likeness (QED) is 0.523. The van der Waals surface area contributed by atoms with Gasteiger partial charge >= 0.3 is 0 Å². The molecule has 1 aromatic rings. The Labute approximate surface area is 125 Å². The summed E-state index contributed by atoms with van der Waals surface area (Å²) >= 11 is 19.2. The van der Waals surface area contributed by atoms with E-state index in [0.717, 1.165) is 5.56 Å². The van der Waals surface area contributed by atoms with Crippen LogP contribution in [-0.2, 0) is 4.87 Å². The van der Waals surface area contributed by atoms with E-state index in [9.17, 15) is 0 Å². The summed E-state index contributed by atoms with van der Waals surface area (Å²) in [5, 5.41) is 0. The Hall–Kier alpha value is -0.350. The molecular formula is C15H17Cl3. The van der Waals surface area contributed by atoms with E-state index >= 15 is 0 Å². The molecule has 0 fully saturated rings. The molecule has 0 saturated carbocycles. The number of alkyl halides is 3. The topological polar surface area (TPSA) is 0 Å². The van der Waals surface area contributed by atoms with Gasteiger partial charge in [0.05, 0.1) is 9.75 Å². The highest BCUT2D eigenvalue weighted by atomic mass is 35.5. The predicted molar refractivity (Wildman–Crippen MR) is 81.6 cm³/mol. The van der Waals surface area contributed by atoms with Crippen molar-refractivity contribution < 1.29 is 0 Å². The van der Waals surface area contributed by atoms with Gasteiger partial charge in [-0.2, -0.15) is 0 Å². The van der Waals surface area contributed by atoms with Crippen LogP contribution in [-0.4, -0.2) is 9.75 Å². The van der Waals surface area contributed by atoms with E-state index in [-0.39, 0.29) is 0 Å². The lowest BCUT2D eigenvalue weighted by atomic mass is 9.87. The molecule has 1 aromatic carbocycles. The van der Waals surface area contributed by atoms with Crippen LogP contribution in [0.25, 0.3) is 0 Å². The normalized spacial score (nSPS) is 18.2. The van der Waals surface area contributed by atoms with Crippen molar-refractivity contribution in [3.63, 3.8) is 0 Å². The molecule has 98 valence electrons. The van der Waals surface area contributed by atoms with Crippen LogP contribution in [0.5, 0.6) is 0 Å². The molecule has 0 N–H and O–H groups in total. The smallest absolute Gasteiger partial charge is 0.111 e. The number of benzene rings is 1.